The van der Waals surface area contributed by atoms with Gasteiger partial charge in [-0.05, 0) is 31.1 Å². The zero-order chi connectivity index (χ0) is 16.2. The van der Waals surface area contributed by atoms with Gasteiger partial charge in [-0.1, -0.05) is 48.6 Å². The largest absolute Gasteiger partial charge is 0.293 e. The Balaban J connectivity index is 2.10. The van der Waals surface area contributed by atoms with Crippen LogP contribution in [0.5, 0.6) is 0 Å². The Morgan fingerprint density at radius 3 is 1.70 bits per heavy atom. The van der Waals surface area contributed by atoms with Crippen molar-refractivity contribution in [2.24, 2.45) is 22.7 Å². The molecule has 1 aromatic carbocycles. The number of carbonyl (C=O) groups excluding carboxylic acids is 2. The van der Waals surface area contributed by atoms with Gasteiger partial charge in [0.25, 0.3) is 0 Å². The number of fused-ring (bicyclic) bond motifs is 1. The van der Waals surface area contributed by atoms with Crippen LogP contribution in [-0.4, -0.2) is 11.6 Å². The van der Waals surface area contributed by atoms with Gasteiger partial charge in [0.2, 0.25) is 0 Å². The van der Waals surface area contributed by atoms with E-state index in [0.29, 0.717) is 24.0 Å². The van der Waals surface area contributed by atoms with Crippen LogP contribution in [0, 0.1) is 22.7 Å². The summed E-state index contributed by atoms with van der Waals surface area (Å²) in [5.41, 5.74) is -0.207. The SMILES string of the molecule is C=CC1CC(C=C)[C@]23CC=CC[C@@]12C(=O)c1ccccc1C3=O. The first-order valence-electron chi connectivity index (χ1n) is 8.22. The van der Waals surface area contributed by atoms with Crippen LogP contribution in [0.1, 0.15) is 40.0 Å². The fraction of sp³-hybridized carbons (Fsp3) is 0.333. The third-order valence-electron chi connectivity index (χ3n) is 6.41. The molecule has 0 aromatic heterocycles. The summed E-state index contributed by atoms with van der Waals surface area (Å²) >= 11 is 0. The first kappa shape index (κ1) is 14.4. The smallest absolute Gasteiger partial charge is 0.171 e. The highest BCUT2D eigenvalue weighted by molar-refractivity contribution is 6.20. The van der Waals surface area contributed by atoms with Gasteiger partial charge < -0.3 is 0 Å². The number of rotatable bonds is 2. The molecule has 1 fully saturated rings. The number of ketones is 2. The predicted octanol–water partition coefficient (Wildman–Crippen LogP) is 4.40. The molecule has 2 unspecified atom stereocenters. The van der Waals surface area contributed by atoms with E-state index in [1.807, 2.05) is 24.3 Å². The summed E-state index contributed by atoms with van der Waals surface area (Å²) in [5, 5.41) is 0. The van der Waals surface area contributed by atoms with E-state index >= 15 is 0 Å². The summed E-state index contributed by atoms with van der Waals surface area (Å²) in [6.45, 7) is 7.96. The first-order valence-corrected chi connectivity index (χ1v) is 8.22. The molecule has 3 aliphatic carbocycles. The highest BCUT2D eigenvalue weighted by Gasteiger charge is 2.71. The van der Waals surface area contributed by atoms with Gasteiger partial charge in [0, 0.05) is 11.1 Å². The van der Waals surface area contributed by atoms with Gasteiger partial charge in [0.1, 0.15) is 0 Å². The zero-order valence-corrected chi connectivity index (χ0v) is 13.1. The summed E-state index contributed by atoms with van der Waals surface area (Å²) in [6.07, 6.45) is 9.92. The van der Waals surface area contributed by atoms with Crippen molar-refractivity contribution < 1.29 is 9.59 Å². The Bertz CT molecular complexity index is 709. The highest BCUT2D eigenvalue weighted by atomic mass is 16.1. The molecule has 0 radical (unpaired) electrons. The summed E-state index contributed by atoms with van der Waals surface area (Å²) in [7, 11) is 0. The minimum atomic E-state index is -0.687. The van der Waals surface area contributed by atoms with Crippen molar-refractivity contribution in [3.63, 3.8) is 0 Å². The molecule has 4 atom stereocenters. The second kappa shape index (κ2) is 4.64. The molecule has 4 rings (SSSR count). The molecule has 2 heteroatoms. The molecule has 0 bridgehead atoms. The van der Waals surface area contributed by atoms with E-state index in [4.69, 9.17) is 0 Å². The van der Waals surface area contributed by atoms with Crippen LogP contribution in [0.3, 0.4) is 0 Å². The minimum absolute atomic E-state index is 0.0141. The van der Waals surface area contributed by atoms with Crippen molar-refractivity contribution in [1.29, 1.82) is 0 Å². The molecule has 3 aliphatic rings. The Morgan fingerprint density at radius 2 is 1.30 bits per heavy atom. The molecule has 0 spiro atoms. The van der Waals surface area contributed by atoms with E-state index in [9.17, 15) is 9.59 Å². The van der Waals surface area contributed by atoms with Gasteiger partial charge in [0.05, 0.1) is 10.8 Å². The van der Waals surface area contributed by atoms with E-state index in [1.54, 1.807) is 12.1 Å². The minimum Gasteiger partial charge on any atom is -0.293 e. The standard InChI is InChI=1S/C21H20O2/c1-3-14-13-15(4-2)21-12-8-7-11-20(14,21)18(22)16-9-5-6-10-17(16)19(21)23/h3-10,14-15H,1-2,11-13H2/t14?,15?,20-,21-/m0/s1. The van der Waals surface area contributed by atoms with Crippen LogP contribution in [0.4, 0.5) is 0 Å². The van der Waals surface area contributed by atoms with E-state index in [0.717, 1.165) is 6.42 Å². The van der Waals surface area contributed by atoms with E-state index < -0.39 is 10.8 Å². The quantitative estimate of drug-likeness (QED) is 0.759. The lowest BCUT2D eigenvalue weighted by Gasteiger charge is -2.52. The number of hydrogen-bond donors (Lipinski definition) is 0. The molecule has 116 valence electrons. The van der Waals surface area contributed by atoms with Crippen molar-refractivity contribution >= 4 is 11.6 Å². The highest BCUT2D eigenvalue weighted by Crippen LogP contribution is 2.69. The van der Waals surface area contributed by atoms with E-state index in [2.05, 4.69) is 25.3 Å². The van der Waals surface area contributed by atoms with Crippen molar-refractivity contribution in [3.05, 3.63) is 72.9 Å². The topological polar surface area (TPSA) is 34.1 Å². The molecule has 0 aliphatic heterocycles. The number of Topliss-reactive ketones (excluding diaryl/α,β-unsaturated/α-hetero) is 2. The maximum Gasteiger partial charge on any atom is 0.171 e. The van der Waals surface area contributed by atoms with Gasteiger partial charge in [0.15, 0.2) is 11.6 Å². The lowest BCUT2D eigenvalue weighted by molar-refractivity contribution is 0.0187. The van der Waals surface area contributed by atoms with Gasteiger partial charge in [-0.25, -0.2) is 0 Å². The van der Waals surface area contributed by atoms with Crippen LogP contribution < -0.4 is 0 Å². The molecule has 0 amide bonds. The molecule has 1 aromatic rings. The molecule has 0 heterocycles. The van der Waals surface area contributed by atoms with E-state index in [1.165, 1.54) is 0 Å². The number of benzene rings is 1. The zero-order valence-electron chi connectivity index (χ0n) is 13.1. The van der Waals surface area contributed by atoms with Crippen LogP contribution in [0.2, 0.25) is 0 Å². The monoisotopic (exact) mass is 304 g/mol. The Kier molecular flexibility index (Phi) is 2.90. The van der Waals surface area contributed by atoms with Gasteiger partial charge in [-0.15, -0.1) is 13.2 Å². The van der Waals surface area contributed by atoms with Crippen molar-refractivity contribution in [1.82, 2.24) is 0 Å². The second-order valence-corrected chi connectivity index (χ2v) is 6.95. The van der Waals surface area contributed by atoms with Crippen LogP contribution >= 0.6 is 0 Å². The molecular formula is C21H20O2. The Hall–Kier alpha value is -2.22. The Labute approximate surface area is 136 Å². The fourth-order valence-corrected chi connectivity index (χ4v) is 5.42. The lowest BCUT2D eigenvalue weighted by atomic mass is 9.47. The molecule has 1 saturated carbocycles. The van der Waals surface area contributed by atoms with Crippen LogP contribution in [0.15, 0.2) is 61.7 Å². The summed E-state index contributed by atoms with van der Waals surface area (Å²) in [5.74, 6) is 0.262. The predicted molar refractivity (Wildman–Crippen MR) is 90.3 cm³/mol. The van der Waals surface area contributed by atoms with Crippen LogP contribution in [0.25, 0.3) is 0 Å². The third kappa shape index (κ3) is 1.40. The van der Waals surface area contributed by atoms with E-state index in [-0.39, 0.29) is 23.4 Å². The number of allylic oxidation sites excluding steroid dienone is 4. The van der Waals surface area contributed by atoms with Gasteiger partial charge >= 0.3 is 0 Å². The maximum absolute atomic E-state index is 13.6. The molecule has 0 N–H and O–H groups in total. The van der Waals surface area contributed by atoms with Crippen molar-refractivity contribution in [2.75, 3.05) is 0 Å². The summed E-state index contributed by atoms with van der Waals surface area (Å²) < 4.78 is 0. The molecule has 2 nitrogen and oxygen atoms in total. The average Bonchev–Trinajstić information content (AvgIpc) is 2.91. The fourth-order valence-electron chi connectivity index (χ4n) is 5.42. The summed E-state index contributed by atoms with van der Waals surface area (Å²) in [6, 6.07) is 7.28. The second-order valence-electron chi connectivity index (χ2n) is 6.95. The average molecular weight is 304 g/mol. The normalized spacial score (nSPS) is 37.7. The molecule has 0 saturated heterocycles. The number of hydrogen-bond acceptors (Lipinski definition) is 2. The maximum atomic E-state index is 13.6. The lowest BCUT2D eigenvalue weighted by Crippen LogP contribution is -2.57. The molecular weight excluding hydrogens is 284 g/mol. The summed E-state index contributed by atoms with van der Waals surface area (Å²) in [4.78, 5) is 27.1. The van der Waals surface area contributed by atoms with Gasteiger partial charge in [-0.2, -0.15) is 0 Å². The third-order valence-corrected chi connectivity index (χ3v) is 6.41. The van der Waals surface area contributed by atoms with Crippen molar-refractivity contribution in [2.45, 2.75) is 19.3 Å². The molecule has 23 heavy (non-hydrogen) atoms. The van der Waals surface area contributed by atoms with Gasteiger partial charge in [-0.3, -0.25) is 9.59 Å². The van der Waals surface area contributed by atoms with Crippen LogP contribution in [-0.2, 0) is 0 Å². The van der Waals surface area contributed by atoms with Crippen molar-refractivity contribution in [3.8, 4) is 0 Å². The number of carbonyl (C=O) groups is 2. The first-order chi connectivity index (χ1) is 11.1. The Morgan fingerprint density at radius 1 is 0.870 bits per heavy atom.